The van der Waals surface area contributed by atoms with E-state index in [9.17, 15) is 9.18 Å². The molecule has 0 spiro atoms. The zero-order chi connectivity index (χ0) is 17.3. The Morgan fingerprint density at radius 2 is 2.08 bits per heavy atom. The van der Waals surface area contributed by atoms with Gasteiger partial charge in [0, 0.05) is 22.7 Å². The zero-order valence-corrected chi connectivity index (χ0v) is 14.5. The van der Waals surface area contributed by atoms with E-state index in [1.807, 2.05) is 31.2 Å². The van der Waals surface area contributed by atoms with E-state index < -0.39 is 6.03 Å². The first kappa shape index (κ1) is 16.4. The molecule has 1 aromatic heterocycles. The molecular formula is C18H15BrFN3O. The second-order valence-electron chi connectivity index (χ2n) is 5.50. The minimum absolute atomic E-state index is 0.181. The predicted octanol–water partition coefficient (Wildman–Crippen LogP) is 4.53. The van der Waals surface area contributed by atoms with E-state index in [0.29, 0.717) is 15.7 Å². The van der Waals surface area contributed by atoms with Gasteiger partial charge in [-0.2, -0.15) is 0 Å². The Morgan fingerprint density at radius 1 is 1.29 bits per heavy atom. The van der Waals surface area contributed by atoms with Gasteiger partial charge in [-0.1, -0.05) is 18.2 Å². The molecule has 4 nitrogen and oxygen atoms in total. The van der Waals surface area contributed by atoms with Crippen LogP contribution in [0.25, 0.3) is 10.8 Å². The molecule has 0 bridgehead atoms. The Balaban J connectivity index is 2.07. The highest BCUT2D eigenvalue weighted by Gasteiger charge is 2.16. The van der Waals surface area contributed by atoms with Gasteiger partial charge in [-0.3, -0.25) is 9.88 Å². The molecule has 2 N–H and O–H groups in total. The van der Waals surface area contributed by atoms with Crippen molar-refractivity contribution in [3.63, 3.8) is 0 Å². The number of carbonyl (C=O) groups excluding carboxylic acids is 1. The summed E-state index contributed by atoms with van der Waals surface area (Å²) in [5.74, 6) is -0.380. The number of halogens is 2. The fourth-order valence-corrected chi connectivity index (χ4v) is 2.84. The van der Waals surface area contributed by atoms with Gasteiger partial charge in [0.05, 0.1) is 16.7 Å². The second kappa shape index (κ2) is 6.57. The number of nitrogens with zero attached hydrogens (tertiary/aromatic N) is 2. The highest BCUT2D eigenvalue weighted by Crippen LogP contribution is 2.28. The number of carbonyl (C=O) groups is 1. The van der Waals surface area contributed by atoms with Crippen molar-refractivity contribution in [1.82, 2.24) is 4.98 Å². The molecule has 122 valence electrons. The molecule has 0 radical (unpaired) electrons. The van der Waals surface area contributed by atoms with Crippen molar-refractivity contribution in [3.05, 3.63) is 70.2 Å². The smallest absolute Gasteiger partial charge is 0.319 e. The van der Waals surface area contributed by atoms with Gasteiger partial charge < -0.3 is 5.73 Å². The number of benzene rings is 2. The minimum Gasteiger partial charge on any atom is -0.351 e. The van der Waals surface area contributed by atoms with E-state index in [-0.39, 0.29) is 12.4 Å². The number of aromatic nitrogens is 1. The Morgan fingerprint density at radius 3 is 2.79 bits per heavy atom. The average molecular weight is 388 g/mol. The maximum atomic E-state index is 13.7. The number of urea groups is 1. The Kier molecular flexibility index (Phi) is 4.49. The maximum absolute atomic E-state index is 13.7. The fraction of sp³-hybridized carbons (Fsp3) is 0.111. The number of aryl methyl sites for hydroxylation is 1. The predicted molar refractivity (Wildman–Crippen MR) is 96.3 cm³/mol. The third-order valence-electron chi connectivity index (χ3n) is 3.76. The molecule has 0 fully saturated rings. The second-order valence-corrected chi connectivity index (χ2v) is 6.35. The van der Waals surface area contributed by atoms with Crippen LogP contribution in [0, 0.1) is 12.7 Å². The first-order chi connectivity index (χ1) is 11.5. The SMILES string of the molecule is Cc1cc2c(N(Cc3ccc(Br)c(F)c3)C(N)=O)cccc2cn1. The van der Waals surface area contributed by atoms with E-state index in [1.54, 1.807) is 18.3 Å². The third-order valence-corrected chi connectivity index (χ3v) is 4.40. The molecule has 0 aliphatic rings. The topological polar surface area (TPSA) is 59.2 Å². The van der Waals surface area contributed by atoms with Crippen molar-refractivity contribution in [2.75, 3.05) is 4.90 Å². The quantitative estimate of drug-likeness (QED) is 0.717. The highest BCUT2D eigenvalue weighted by atomic mass is 79.9. The Hall–Kier alpha value is -2.47. The number of fused-ring (bicyclic) bond motifs is 1. The molecule has 0 saturated heterocycles. The van der Waals surface area contributed by atoms with Gasteiger partial charge in [-0.25, -0.2) is 9.18 Å². The summed E-state index contributed by atoms with van der Waals surface area (Å²) in [6, 6.07) is 11.6. The van der Waals surface area contributed by atoms with Crippen LogP contribution in [0.1, 0.15) is 11.3 Å². The molecule has 0 atom stereocenters. The van der Waals surface area contributed by atoms with Crippen LogP contribution >= 0.6 is 15.9 Å². The van der Waals surface area contributed by atoms with E-state index >= 15 is 0 Å². The van der Waals surface area contributed by atoms with Crippen LogP contribution in [0.2, 0.25) is 0 Å². The van der Waals surface area contributed by atoms with Crippen molar-refractivity contribution >= 4 is 38.4 Å². The zero-order valence-electron chi connectivity index (χ0n) is 13.0. The van der Waals surface area contributed by atoms with Gasteiger partial charge in [-0.05, 0) is 52.7 Å². The number of primary amides is 1. The largest absolute Gasteiger partial charge is 0.351 e. The number of hydrogen-bond donors (Lipinski definition) is 1. The van der Waals surface area contributed by atoms with Crippen LogP contribution in [0.15, 0.2) is 53.1 Å². The molecule has 2 amide bonds. The summed E-state index contributed by atoms with van der Waals surface area (Å²) in [7, 11) is 0. The van der Waals surface area contributed by atoms with Crippen molar-refractivity contribution < 1.29 is 9.18 Å². The summed E-state index contributed by atoms with van der Waals surface area (Å²) in [4.78, 5) is 17.7. The van der Waals surface area contributed by atoms with E-state index in [4.69, 9.17) is 5.73 Å². The maximum Gasteiger partial charge on any atom is 0.319 e. The standard InChI is InChI=1S/C18H15BrFN3O/c1-11-7-14-13(9-22-11)3-2-4-17(14)23(18(21)24)10-12-5-6-15(19)16(20)8-12/h2-9H,10H2,1H3,(H2,21,24). The molecular weight excluding hydrogens is 373 g/mol. The van der Waals surface area contributed by atoms with Gasteiger partial charge in [-0.15, -0.1) is 0 Å². The molecule has 2 aromatic carbocycles. The van der Waals surface area contributed by atoms with Gasteiger partial charge in [0.15, 0.2) is 0 Å². The summed E-state index contributed by atoms with van der Waals surface area (Å²) < 4.78 is 14.1. The van der Waals surface area contributed by atoms with Crippen LogP contribution in [0.5, 0.6) is 0 Å². The van der Waals surface area contributed by atoms with Crippen LogP contribution in [-0.4, -0.2) is 11.0 Å². The fourth-order valence-electron chi connectivity index (χ4n) is 2.60. The lowest BCUT2D eigenvalue weighted by Crippen LogP contribution is -2.35. The summed E-state index contributed by atoms with van der Waals surface area (Å²) in [5.41, 5.74) is 7.75. The lowest BCUT2D eigenvalue weighted by molar-refractivity contribution is 0.253. The molecule has 3 aromatic rings. The molecule has 6 heteroatoms. The summed E-state index contributed by atoms with van der Waals surface area (Å²) in [6.45, 7) is 2.06. The Labute approximate surface area is 147 Å². The minimum atomic E-state index is -0.597. The number of rotatable bonds is 3. The van der Waals surface area contributed by atoms with Gasteiger partial charge in [0.1, 0.15) is 5.82 Å². The number of anilines is 1. The lowest BCUT2D eigenvalue weighted by atomic mass is 10.1. The normalized spacial score (nSPS) is 10.8. The van der Waals surface area contributed by atoms with E-state index in [2.05, 4.69) is 20.9 Å². The lowest BCUT2D eigenvalue weighted by Gasteiger charge is -2.22. The molecule has 0 aliphatic heterocycles. The van der Waals surface area contributed by atoms with Crippen LogP contribution < -0.4 is 10.6 Å². The number of amides is 2. The molecule has 24 heavy (non-hydrogen) atoms. The van der Waals surface area contributed by atoms with Crippen molar-refractivity contribution in [2.24, 2.45) is 5.73 Å². The van der Waals surface area contributed by atoms with Gasteiger partial charge >= 0.3 is 6.03 Å². The number of hydrogen-bond acceptors (Lipinski definition) is 2. The van der Waals surface area contributed by atoms with Crippen molar-refractivity contribution in [2.45, 2.75) is 13.5 Å². The summed E-state index contributed by atoms with van der Waals surface area (Å²) in [5, 5.41) is 1.78. The molecule has 0 saturated carbocycles. The van der Waals surface area contributed by atoms with E-state index in [0.717, 1.165) is 16.5 Å². The number of pyridine rings is 1. The first-order valence-corrected chi connectivity index (χ1v) is 8.11. The van der Waals surface area contributed by atoms with Crippen LogP contribution in [-0.2, 0) is 6.54 Å². The van der Waals surface area contributed by atoms with Crippen molar-refractivity contribution in [1.29, 1.82) is 0 Å². The third kappa shape index (κ3) is 3.23. The van der Waals surface area contributed by atoms with Crippen LogP contribution in [0.3, 0.4) is 0 Å². The summed E-state index contributed by atoms with van der Waals surface area (Å²) in [6.07, 6.45) is 1.76. The van der Waals surface area contributed by atoms with E-state index in [1.165, 1.54) is 11.0 Å². The molecule has 0 aliphatic carbocycles. The van der Waals surface area contributed by atoms with Gasteiger partial charge in [0.25, 0.3) is 0 Å². The number of nitrogens with two attached hydrogens (primary N) is 1. The van der Waals surface area contributed by atoms with Gasteiger partial charge in [0.2, 0.25) is 0 Å². The highest BCUT2D eigenvalue weighted by molar-refractivity contribution is 9.10. The van der Waals surface area contributed by atoms with Crippen molar-refractivity contribution in [3.8, 4) is 0 Å². The molecule has 1 heterocycles. The van der Waals surface area contributed by atoms with Crippen LogP contribution in [0.4, 0.5) is 14.9 Å². The molecule has 3 rings (SSSR count). The monoisotopic (exact) mass is 387 g/mol. The summed E-state index contributed by atoms with van der Waals surface area (Å²) >= 11 is 3.12. The average Bonchev–Trinajstić information content (AvgIpc) is 2.55. The molecule has 0 unspecified atom stereocenters. The Bertz CT molecular complexity index is 929. The first-order valence-electron chi connectivity index (χ1n) is 7.32.